The number of ether oxygens (including phenoxy) is 2. The second-order valence-electron chi connectivity index (χ2n) is 5.49. The number of hydrogen-bond acceptors (Lipinski definition) is 4. The van der Waals surface area contributed by atoms with Crippen molar-refractivity contribution >= 4 is 23.4 Å². The number of halogens is 1. The van der Waals surface area contributed by atoms with E-state index in [0.29, 0.717) is 35.2 Å². The Morgan fingerprint density at radius 1 is 0.962 bits per heavy atom. The van der Waals surface area contributed by atoms with Crippen LogP contribution in [0.15, 0.2) is 48.5 Å². The number of rotatable bonds is 8. The molecule has 0 fully saturated rings. The van der Waals surface area contributed by atoms with Gasteiger partial charge in [0, 0.05) is 23.7 Å². The van der Waals surface area contributed by atoms with E-state index in [-0.39, 0.29) is 11.8 Å². The molecule has 0 saturated carbocycles. The largest absolute Gasteiger partial charge is 0.497 e. The molecule has 2 amide bonds. The van der Waals surface area contributed by atoms with E-state index in [2.05, 4.69) is 10.6 Å². The Labute approximate surface area is 157 Å². The van der Waals surface area contributed by atoms with Crippen LogP contribution in [0.4, 0.5) is 0 Å². The zero-order valence-corrected chi connectivity index (χ0v) is 15.4. The fraction of sp³-hybridized carbons (Fsp3) is 0.263. The first-order valence-corrected chi connectivity index (χ1v) is 8.49. The van der Waals surface area contributed by atoms with Crippen molar-refractivity contribution in [1.29, 1.82) is 0 Å². The quantitative estimate of drug-likeness (QED) is 0.694. The Balaban J connectivity index is 1.70. The van der Waals surface area contributed by atoms with Crippen LogP contribution in [-0.2, 0) is 4.79 Å². The highest BCUT2D eigenvalue weighted by atomic mass is 35.5. The molecule has 0 spiro atoms. The Bertz CT molecular complexity index is 732. The smallest absolute Gasteiger partial charge is 0.260 e. The minimum atomic E-state index is -0.659. The summed E-state index contributed by atoms with van der Waals surface area (Å²) in [6.07, 6.45) is -0.659. The molecular formula is C19H21ClN2O4. The summed E-state index contributed by atoms with van der Waals surface area (Å²) < 4.78 is 10.6. The van der Waals surface area contributed by atoms with Gasteiger partial charge in [0.05, 0.1) is 7.11 Å². The van der Waals surface area contributed by atoms with Gasteiger partial charge in [-0.3, -0.25) is 9.59 Å². The Hall–Kier alpha value is -2.73. The molecule has 1 atom stereocenters. The third-order valence-electron chi connectivity index (χ3n) is 3.56. The van der Waals surface area contributed by atoms with Gasteiger partial charge in [0.1, 0.15) is 11.5 Å². The highest BCUT2D eigenvalue weighted by Gasteiger charge is 2.14. The standard InChI is InChI=1S/C19H21ClN2O4/c1-13(26-17-9-5-15(20)6-10-17)18(23)21-11-12-22-19(24)14-3-7-16(25-2)8-4-14/h3-10,13H,11-12H2,1-2H3,(H,21,23)(H,22,24). The molecule has 7 heteroatoms. The molecule has 0 heterocycles. The second-order valence-corrected chi connectivity index (χ2v) is 5.93. The van der Waals surface area contributed by atoms with Gasteiger partial charge >= 0.3 is 0 Å². The van der Waals surface area contributed by atoms with Gasteiger partial charge in [0.15, 0.2) is 6.10 Å². The Kier molecular flexibility index (Phi) is 7.29. The van der Waals surface area contributed by atoms with Gasteiger partial charge < -0.3 is 20.1 Å². The molecule has 26 heavy (non-hydrogen) atoms. The molecule has 2 N–H and O–H groups in total. The molecule has 138 valence electrons. The molecule has 2 rings (SSSR count). The van der Waals surface area contributed by atoms with Crippen LogP contribution in [0.2, 0.25) is 5.02 Å². The number of amides is 2. The molecule has 2 aromatic rings. The molecule has 0 aliphatic rings. The van der Waals surface area contributed by atoms with E-state index >= 15 is 0 Å². The average Bonchev–Trinajstić information content (AvgIpc) is 2.66. The first-order chi connectivity index (χ1) is 12.5. The predicted octanol–water partition coefficient (Wildman–Crippen LogP) is 2.66. The van der Waals surface area contributed by atoms with Crippen molar-refractivity contribution < 1.29 is 19.1 Å². The fourth-order valence-electron chi connectivity index (χ4n) is 2.12. The van der Waals surface area contributed by atoms with Gasteiger partial charge in [-0.1, -0.05) is 11.6 Å². The molecule has 0 radical (unpaired) electrons. The average molecular weight is 377 g/mol. The highest BCUT2D eigenvalue weighted by molar-refractivity contribution is 6.30. The van der Waals surface area contributed by atoms with Crippen LogP contribution in [-0.4, -0.2) is 38.1 Å². The van der Waals surface area contributed by atoms with E-state index in [9.17, 15) is 9.59 Å². The summed E-state index contributed by atoms with van der Waals surface area (Å²) in [7, 11) is 1.56. The molecule has 6 nitrogen and oxygen atoms in total. The van der Waals surface area contributed by atoms with Gasteiger partial charge in [-0.05, 0) is 55.5 Å². The first kappa shape index (κ1) is 19.6. The summed E-state index contributed by atoms with van der Waals surface area (Å²) in [5.74, 6) is 0.763. The third-order valence-corrected chi connectivity index (χ3v) is 3.81. The van der Waals surface area contributed by atoms with Gasteiger partial charge in [0.25, 0.3) is 11.8 Å². The van der Waals surface area contributed by atoms with Crippen LogP contribution in [0.5, 0.6) is 11.5 Å². The van der Waals surface area contributed by atoms with Crippen molar-refractivity contribution in [3.8, 4) is 11.5 Å². The molecule has 1 unspecified atom stereocenters. The normalized spacial score (nSPS) is 11.3. The zero-order valence-electron chi connectivity index (χ0n) is 14.6. The number of nitrogens with one attached hydrogen (secondary N) is 2. The summed E-state index contributed by atoms with van der Waals surface area (Å²) in [6, 6.07) is 13.6. The molecular weight excluding hydrogens is 356 g/mol. The van der Waals surface area contributed by atoms with E-state index in [1.807, 2.05) is 0 Å². The Morgan fingerprint density at radius 3 is 2.15 bits per heavy atom. The summed E-state index contributed by atoms with van der Waals surface area (Å²) in [6.45, 7) is 2.26. The lowest BCUT2D eigenvalue weighted by Gasteiger charge is -2.15. The SMILES string of the molecule is COc1ccc(C(=O)NCCNC(=O)C(C)Oc2ccc(Cl)cc2)cc1. The topological polar surface area (TPSA) is 76.7 Å². The van der Waals surface area contributed by atoms with E-state index < -0.39 is 6.10 Å². The molecule has 0 aliphatic heterocycles. The molecule has 0 aromatic heterocycles. The van der Waals surface area contributed by atoms with Crippen LogP contribution in [0.25, 0.3) is 0 Å². The Morgan fingerprint density at radius 2 is 1.54 bits per heavy atom. The predicted molar refractivity (Wildman–Crippen MR) is 99.9 cm³/mol. The van der Waals surface area contributed by atoms with Gasteiger partial charge in [0.2, 0.25) is 0 Å². The van der Waals surface area contributed by atoms with Gasteiger partial charge in [-0.25, -0.2) is 0 Å². The van der Waals surface area contributed by atoms with E-state index in [4.69, 9.17) is 21.1 Å². The van der Waals surface area contributed by atoms with Crippen LogP contribution >= 0.6 is 11.6 Å². The van der Waals surface area contributed by atoms with E-state index in [1.165, 1.54) is 0 Å². The first-order valence-electron chi connectivity index (χ1n) is 8.12. The molecule has 0 aliphatic carbocycles. The van der Waals surface area contributed by atoms with Crippen molar-refractivity contribution in [2.24, 2.45) is 0 Å². The maximum absolute atomic E-state index is 12.0. The number of benzene rings is 2. The summed E-state index contributed by atoms with van der Waals surface area (Å²) >= 11 is 5.80. The maximum atomic E-state index is 12.0. The second kappa shape index (κ2) is 9.68. The number of carbonyl (C=O) groups excluding carboxylic acids is 2. The molecule has 0 bridgehead atoms. The lowest BCUT2D eigenvalue weighted by atomic mass is 10.2. The monoisotopic (exact) mass is 376 g/mol. The lowest BCUT2D eigenvalue weighted by molar-refractivity contribution is -0.127. The van der Waals surface area contributed by atoms with Gasteiger partial charge in [-0.2, -0.15) is 0 Å². The van der Waals surface area contributed by atoms with E-state index in [1.54, 1.807) is 62.6 Å². The van der Waals surface area contributed by atoms with Crippen molar-refractivity contribution in [3.05, 3.63) is 59.1 Å². The van der Waals surface area contributed by atoms with Crippen LogP contribution in [0, 0.1) is 0 Å². The maximum Gasteiger partial charge on any atom is 0.260 e. The fourth-order valence-corrected chi connectivity index (χ4v) is 2.25. The molecule has 0 saturated heterocycles. The van der Waals surface area contributed by atoms with Crippen LogP contribution in [0.1, 0.15) is 17.3 Å². The van der Waals surface area contributed by atoms with Crippen molar-refractivity contribution in [1.82, 2.24) is 10.6 Å². The number of methoxy groups -OCH3 is 1. The van der Waals surface area contributed by atoms with E-state index in [0.717, 1.165) is 0 Å². The lowest BCUT2D eigenvalue weighted by Crippen LogP contribution is -2.40. The van der Waals surface area contributed by atoms with Crippen molar-refractivity contribution in [3.63, 3.8) is 0 Å². The summed E-state index contributed by atoms with van der Waals surface area (Å²) in [5.41, 5.74) is 0.525. The van der Waals surface area contributed by atoms with Crippen LogP contribution < -0.4 is 20.1 Å². The minimum absolute atomic E-state index is 0.215. The highest BCUT2D eigenvalue weighted by Crippen LogP contribution is 2.16. The van der Waals surface area contributed by atoms with Crippen molar-refractivity contribution in [2.75, 3.05) is 20.2 Å². The minimum Gasteiger partial charge on any atom is -0.497 e. The number of hydrogen-bond donors (Lipinski definition) is 2. The van der Waals surface area contributed by atoms with Crippen molar-refractivity contribution in [2.45, 2.75) is 13.0 Å². The van der Waals surface area contributed by atoms with Gasteiger partial charge in [-0.15, -0.1) is 0 Å². The third kappa shape index (κ3) is 5.97. The summed E-state index contributed by atoms with van der Waals surface area (Å²) in [4.78, 5) is 24.0. The summed E-state index contributed by atoms with van der Waals surface area (Å²) in [5, 5.41) is 6.05. The van der Waals surface area contributed by atoms with Crippen LogP contribution in [0.3, 0.4) is 0 Å². The number of carbonyl (C=O) groups is 2. The zero-order chi connectivity index (χ0) is 18.9. The molecule has 2 aromatic carbocycles.